The minimum absolute atomic E-state index is 0.0396. The summed E-state index contributed by atoms with van der Waals surface area (Å²) in [5, 5.41) is 0.550. The van der Waals surface area contributed by atoms with Crippen molar-refractivity contribution in [3.8, 4) is 17.4 Å². The van der Waals surface area contributed by atoms with Gasteiger partial charge in [-0.2, -0.15) is 4.37 Å². The quantitative estimate of drug-likeness (QED) is 0.418. The summed E-state index contributed by atoms with van der Waals surface area (Å²) < 4.78 is 31.8. The Balaban J connectivity index is 1.20. The largest absolute Gasteiger partial charge is 0.489 e. The van der Waals surface area contributed by atoms with E-state index in [-0.39, 0.29) is 12.1 Å². The minimum atomic E-state index is 0.0396. The van der Waals surface area contributed by atoms with Crippen LogP contribution < -0.4 is 14.4 Å². The molecular formula is C25H27ClN4O4S. The second-order valence-electron chi connectivity index (χ2n) is 8.65. The van der Waals surface area contributed by atoms with Crippen LogP contribution in [0.2, 0.25) is 5.02 Å². The first-order valence-electron chi connectivity index (χ1n) is 11.6. The number of aromatic nitrogens is 2. The average molecular weight is 515 g/mol. The highest BCUT2D eigenvalue weighted by atomic mass is 35.5. The number of morpholine rings is 1. The molecule has 10 heteroatoms. The fraction of sp³-hybridized carbons (Fsp3) is 0.400. The van der Waals surface area contributed by atoms with E-state index in [1.807, 2.05) is 56.3 Å². The molecule has 1 unspecified atom stereocenters. The SMILES string of the molecule is CC(C)Oc1ccc(C2=NC(Cc3ccc(Oc4nsnc4N4CCOCC4)cc3)CO2)cc1Cl. The summed E-state index contributed by atoms with van der Waals surface area (Å²) in [6.07, 6.45) is 0.827. The van der Waals surface area contributed by atoms with Crippen molar-refractivity contribution >= 4 is 35.0 Å². The zero-order chi connectivity index (χ0) is 24.2. The van der Waals surface area contributed by atoms with Gasteiger partial charge >= 0.3 is 0 Å². The number of aliphatic imine (C=N–C) groups is 1. The van der Waals surface area contributed by atoms with Gasteiger partial charge < -0.3 is 23.8 Å². The van der Waals surface area contributed by atoms with Crippen LogP contribution in [-0.2, 0) is 15.9 Å². The molecule has 184 valence electrons. The maximum Gasteiger partial charge on any atom is 0.276 e. The fourth-order valence-electron chi connectivity index (χ4n) is 3.95. The van der Waals surface area contributed by atoms with Crippen molar-refractivity contribution in [3.63, 3.8) is 0 Å². The van der Waals surface area contributed by atoms with Crippen molar-refractivity contribution in [2.24, 2.45) is 4.99 Å². The van der Waals surface area contributed by atoms with Crippen LogP contribution in [0.4, 0.5) is 5.82 Å². The number of benzene rings is 2. The van der Waals surface area contributed by atoms with Gasteiger partial charge in [0.15, 0.2) is 0 Å². The minimum Gasteiger partial charge on any atom is -0.489 e. The molecule has 1 fully saturated rings. The molecule has 2 aliphatic rings. The monoisotopic (exact) mass is 514 g/mol. The molecule has 8 nitrogen and oxygen atoms in total. The summed E-state index contributed by atoms with van der Waals surface area (Å²) >= 11 is 7.53. The molecule has 0 amide bonds. The first-order chi connectivity index (χ1) is 17.0. The van der Waals surface area contributed by atoms with Crippen LogP contribution in [-0.4, -0.2) is 59.7 Å². The number of hydrogen-bond acceptors (Lipinski definition) is 9. The van der Waals surface area contributed by atoms with Crippen molar-refractivity contribution in [3.05, 3.63) is 58.6 Å². The lowest BCUT2D eigenvalue weighted by molar-refractivity contribution is 0.122. The van der Waals surface area contributed by atoms with Gasteiger partial charge in [0, 0.05) is 18.7 Å². The highest BCUT2D eigenvalue weighted by Gasteiger charge is 2.22. The van der Waals surface area contributed by atoms with E-state index in [0.29, 0.717) is 42.4 Å². The Hall–Kier alpha value is -2.88. The summed E-state index contributed by atoms with van der Waals surface area (Å²) in [4.78, 5) is 6.91. The van der Waals surface area contributed by atoms with Crippen molar-refractivity contribution in [1.82, 2.24) is 8.75 Å². The molecule has 1 saturated heterocycles. The van der Waals surface area contributed by atoms with E-state index in [0.717, 1.165) is 53.9 Å². The summed E-state index contributed by atoms with van der Waals surface area (Å²) in [6.45, 7) is 7.41. The maximum atomic E-state index is 6.37. The van der Waals surface area contributed by atoms with Gasteiger partial charge in [-0.3, -0.25) is 0 Å². The van der Waals surface area contributed by atoms with E-state index in [1.165, 1.54) is 0 Å². The smallest absolute Gasteiger partial charge is 0.276 e. The van der Waals surface area contributed by atoms with Crippen molar-refractivity contribution in [1.29, 1.82) is 0 Å². The van der Waals surface area contributed by atoms with Gasteiger partial charge in [-0.05, 0) is 56.2 Å². The number of halogens is 1. The third kappa shape index (κ3) is 5.86. The van der Waals surface area contributed by atoms with Crippen LogP contribution >= 0.6 is 23.3 Å². The van der Waals surface area contributed by atoms with Gasteiger partial charge in [0.2, 0.25) is 11.7 Å². The second kappa shape index (κ2) is 10.8. The van der Waals surface area contributed by atoms with Crippen molar-refractivity contribution in [2.45, 2.75) is 32.4 Å². The Morgan fingerprint density at radius 3 is 2.66 bits per heavy atom. The molecule has 2 aliphatic heterocycles. The molecule has 0 aliphatic carbocycles. The zero-order valence-corrected chi connectivity index (χ0v) is 21.2. The molecule has 1 aromatic heterocycles. The molecular weight excluding hydrogens is 488 g/mol. The van der Waals surface area contributed by atoms with Crippen LogP contribution in [0.1, 0.15) is 25.0 Å². The van der Waals surface area contributed by atoms with E-state index in [2.05, 4.69) is 13.6 Å². The normalized spacial score (nSPS) is 17.9. The second-order valence-corrected chi connectivity index (χ2v) is 9.59. The predicted octanol–water partition coefficient (Wildman–Crippen LogP) is 5.00. The Morgan fingerprint density at radius 2 is 1.91 bits per heavy atom. The fourth-order valence-corrected chi connectivity index (χ4v) is 4.68. The summed E-state index contributed by atoms with van der Waals surface area (Å²) in [6, 6.07) is 13.7. The van der Waals surface area contributed by atoms with Crippen LogP contribution in [0.5, 0.6) is 17.4 Å². The summed E-state index contributed by atoms with van der Waals surface area (Å²) in [7, 11) is 0. The lowest BCUT2D eigenvalue weighted by atomic mass is 10.1. The molecule has 1 atom stereocenters. The standard InChI is InChI=1S/C25H27ClN4O4S/c1-16(2)33-22-8-5-18(14-21(22)26)24-27-19(15-32-24)13-17-3-6-20(7-4-17)34-25-23(28-35-29-25)30-9-11-31-12-10-30/h3-8,14,16,19H,9-13,15H2,1-2H3. The predicted molar refractivity (Wildman–Crippen MR) is 137 cm³/mol. The van der Waals surface area contributed by atoms with E-state index in [1.54, 1.807) is 0 Å². The number of rotatable bonds is 8. The van der Waals surface area contributed by atoms with Crippen molar-refractivity contribution in [2.75, 3.05) is 37.8 Å². The van der Waals surface area contributed by atoms with Gasteiger partial charge in [0.05, 0.1) is 42.1 Å². The summed E-state index contributed by atoms with van der Waals surface area (Å²) in [5.41, 5.74) is 2.00. The first-order valence-corrected chi connectivity index (χ1v) is 12.7. The Labute approximate surface area is 213 Å². The van der Waals surface area contributed by atoms with Crippen molar-refractivity contribution < 1.29 is 18.9 Å². The number of nitrogens with zero attached hydrogens (tertiary/aromatic N) is 4. The average Bonchev–Trinajstić information content (AvgIpc) is 3.52. The Kier molecular flexibility index (Phi) is 7.36. The Morgan fingerprint density at radius 1 is 1.11 bits per heavy atom. The molecule has 3 heterocycles. The zero-order valence-electron chi connectivity index (χ0n) is 19.6. The lowest BCUT2D eigenvalue weighted by Crippen LogP contribution is -2.36. The van der Waals surface area contributed by atoms with Crippen LogP contribution in [0.15, 0.2) is 47.5 Å². The molecule has 0 spiro atoms. The lowest BCUT2D eigenvalue weighted by Gasteiger charge is -2.26. The van der Waals surface area contributed by atoms with Crippen LogP contribution in [0.3, 0.4) is 0 Å². The number of anilines is 1. The summed E-state index contributed by atoms with van der Waals surface area (Å²) in [5.74, 6) is 3.30. The third-order valence-corrected chi connectivity index (χ3v) is 6.41. The maximum absolute atomic E-state index is 6.37. The first kappa shape index (κ1) is 23.8. The van der Waals surface area contributed by atoms with Crippen LogP contribution in [0.25, 0.3) is 0 Å². The molecule has 0 N–H and O–H groups in total. The number of hydrogen-bond donors (Lipinski definition) is 0. The van der Waals surface area contributed by atoms with Gasteiger partial charge in [-0.25, -0.2) is 4.99 Å². The molecule has 0 bridgehead atoms. The molecule has 5 rings (SSSR count). The Bertz CT molecular complexity index is 1180. The highest BCUT2D eigenvalue weighted by molar-refractivity contribution is 6.99. The van der Waals surface area contributed by atoms with E-state index >= 15 is 0 Å². The van der Waals surface area contributed by atoms with E-state index in [9.17, 15) is 0 Å². The number of ether oxygens (including phenoxy) is 4. The molecule has 0 saturated carbocycles. The van der Waals surface area contributed by atoms with E-state index < -0.39 is 0 Å². The van der Waals surface area contributed by atoms with E-state index in [4.69, 9.17) is 35.5 Å². The van der Waals surface area contributed by atoms with Crippen LogP contribution in [0, 0.1) is 0 Å². The van der Waals surface area contributed by atoms with Gasteiger partial charge in [-0.15, -0.1) is 4.37 Å². The molecule has 3 aromatic rings. The molecule has 2 aromatic carbocycles. The molecule has 0 radical (unpaired) electrons. The molecule has 35 heavy (non-hydrogen) atoms. The topological polar surface area (TPSA) is 78.3 Å². The van der Waals surface area contributed by atoms with Gasteiger partial charge in [0.1, 0.15) is 18.1 Å². The van der Waals surface area contributed by atoms with Gasteiger partial charge in [-0.1, -0.05) is 23.7 Å². The van der Waals surface area contributed by atoms with Gasteiger partial charge in [0.25, 0.3) is 5.88 Å². The highest BCUT2D eigenvalue weighted by Crippen LogP contribution is 2.31. The third-order valence-electron chi connectivity index (χ3n) is 5.62.